The van der Waals surface area contributed by atoms with Gasteiger partial charge in [0.25, 0.3) is 5.89 Å². The molecule has 0 spiro atoms. The van der Waals surface area contributed by atoms with E-state index in [1.807, 2.05) is 12.1 Å². The summed E-state index contributed by atoms with van der Waals surface area (Å²) in [6.07, 6.45) is 6.39. The fourth-order valence-corrected chi connectivity index (χ4v) is 2.83. The summed E-state index contributed by atoms with van der Waals surface area (Å²) in [5.74, 6) is 1.33. The van der Waals surface area contributed by atoms with Crippen LogP contribution in [0.15, 0.2) is 29.0 Å². The maximum atomic E-state index is 5.45. The second-order valence-electron chi connectivity index (χ2n) is 5.44. The smallest absolute Gasteiger partial charge is 0.259 e. The molecule has 3 heterocycles. The molecule has 6 nitrogen and oxygen atoms in total. The molecule has 0 amide bonds. The highest BCUT2D eigenvalue weighted by atomic mass is 16.5. The van der Waals surface area contributed by atoms with Gasteiger partial charge in [-0.2, -0.15) is 4.98 Å². The van der Waals surface area contributed by atoms with E-state index in [2.05, 4.69) is 20.4 Å². The minimum Gasteiger partial charge on any atom is -0.385 e. The lowest BCUT2D eigenvalue weighted by molar-refractivity contribution is 0.146. The van der Waals surface area contributed by atoms with Crippen molar-refractivity contribution in [3.8, 4) is 11.5 Å². The molecule has 0 saturated carbocycles. The molecule has 0 aromatic carbocycles. The molecule has 0 radical (unpaired) electrons. The van der Waals surface area contributed by atoms with E-state index in [9.17, 15) is 0 Å². The molecular formula is C15H20N4O2. The Labute approximate surface area is 123 Å². The van der Waals surface area contributed by atoms with Crippen LogP contribution in [0.3, 0.4) is 0 Å². The maximum Gasteiger partial charge on any atom is 0.259 e. The fraction of sp³-hybridized carbons (Fsp3) is 0.533. The molecule has 1 fully saturated rings. The first-order chi connectivity index (χ1) is 10.3. The predicted molar refractivity (Wildman–Crippen MR) is 77.8 cm³/mol. The van der Waals surface area contributed by atoms with Crippen LogP contribution in [0.4, 0.5) is 0 Å². The number of methoxy groups -OCH3 is 1. The van der Waals surface area contributed by atoms with Gasteiger partial charge in [0.1, 0.15) is 0 Å². The average Bonchev–Trinajstić information content (AvgIpc) is 3.05. The first-order valence-electron chi connectivity index (χ1n) is 7.28. The zero-order valence-corrected chi connectivity index (χ0v) is 12.2. The molecule has 6 heteroatoms. The number of nitrogens with one attached hydrogen (secondary N) is 1. The Morgan fingerprint density at radius 2 is 2.24 bits per heavy atom. The first-order valence-corrected chi connectivity index (χ1v) is 7.28. The zero-order valence-electron chi connectivity index (χ0n) is 12.2. The largest absolute Gasteiger partial charge is 0.385 e. The van der Waals surface area contributed by atoms with Crippen LogP contribution in [0, 0.1) is 0 Å². The van der Waals surface area contributed by atoms with Gasteiger partial charge in [-0.05, 0) is 44.5 Å². The van der Waals surface area contributed by atoms with Gasteiger partial charge in [0.2, 0.25) is 0 Å². The van der Waals surface area contributed by atoms with Crippen LogP contribution in [-0.2, 0) is 10.2 Å². The molecule has 0 aliphatic carbocycles. The van der Waals surface area contributed by atoms with Gasteiger partial charge in [-0.1, -0.05) is 5.16 Å². The van der Waals surface area contributed by atoms with Crippen molar-refractivity contribution in [3.63, 3.8) is 0 Å². The summed E-state index contributed by atoms with van der Waals surface area (Å²) in [6, 6.07) is 3.79. The Hall–Kier alpha value is -1.79. The SMILES string of the molecule is COCCC1(c2noc(-c3cccnc3)n2)CCNCC1. The van der Waals surface area contributed by atoms with Gasteiger partial charge in [0.05, 0.1) is 5.56 Å². The van der Waals surface area contributed by atoms with E-state index in [-0.39, 0.29) is 5.41 Å². The number of rotatable bonds is 5. The first kappa shape index (κ1) is 14.2. The molecule has 112 valence electrons. The van der Waals surface area contributed by atoms with Gasteiger partial charge in [-0.25, -0.2) is 0 Å². The molecule has 0 bridgehead atoms. The molecule has 1 saturated heterocycles. The highest BCUT2D eigenvalue weighted by molar-refractivity contribution is 5.50. The highest BCUT2D eigenvalue weighted by Crippen LogP contribution is 2.36. The summed E-state index contributed by atoms with van der Waals surface area (Å²) < 4.78 is 10.7. The minimum atomic E-state index is -0.0504. The summed E-state index contributed by atoms with van der Waals surface area (Å²) in [6.45, 7) is 2.65. The molecule has 21 heavy (non-hydrogen) atoms. The van der Waals surface area contributed by atoms with Crippen LogP contribution >= 0.6 is 0 Å². The van der Waals surface area contributed by atoms with E-state index in [0.717, 1.165) is 43.7 Å². The van der Waals surface area contributed by atoms with Gasteiger partial charge < -0.3 is 14.6 Å². The monoisotopic (exact) mass is 288 g/mol. The summed E-state index contributed by atoms with van der Waals surface area (Å²) in [7, 11) is 1.73. The Morgan fingerprint density at radius 1 is 1.38 bits per heavy atom. The van der Waals surface area contributed by atoms with E-state index in [1.165, 1.54) is 0 Å². The minimum absolute atomic E-state index is 0.0504. The number of hydrogen-bond acceptors (Lipinski definition) is 6. The van der Waals surface area contributed by atoms with E-state index < -0.39 is 0 Å². The molecule has 0 atom stereocenters. The van der Waals surface area contributed by atoms with Gasteiger partial charge in [-0.15, -0.1) is 0 Å². The summed E-state index contributed by atoms with van der Waals surface area (Å²) in [4.78, 5) is 8.72. The van der Waals surface area contributed by atoms with Crippen LogP contribution < -0.4 is 5.32 Å². The molecule has 1 aliphatic heterocycles. The molecular weight excluding hydrogens is 268 g/mol. The van der Waals surface area contributed by atoms with Gasteiger partial charge in [-0.3, -0.25) is 4.98 Å². The van der Waals surface area contributed by atoms with E-state index in [4.69, 9.17) is 9.26 Å². The number of nitrogens with zero attached hydrogens (tertiary/aromatic N) is 3. The van der Waals surface area contributed by atoms with Crippen molar-refractivity contribution in [1.82, 2.24) is 20.4 Å². The molecule has 1 aliphatic rings. The van der Waals surface area contributed by atoms with Crippen molar-refractivity contribution in [2.75, 3.05) is 26.8 Å². The van der Waals surface area contributed by atoms with Crippen LogP contribution in [0.2, 0.25) is 0 Å². The summed E-state index contributed by atoms with van der Waals surface area (Å²) >= 11 is 0. The lowest BCUT2D eigenvalue weighted by Crippen LogP contribution is -2.41. The Bertz CT molecular complexity index is 564. The van der Waals surface area contributed by atoms with Crippen molar-refractivity contribution < 1.29 is 9.26 Å². The molecule has 2 aromatic heterocycles. The Balaban J connectivity index is 1.88. The average molecular weight is 288 g/mol. The van der Waals surface area contributed by atoms with E-state index in [1.54, 1.807) is 19.5 Å². The normalized spacial score (nSPS) is 17.8. The van der Waals surface area contributed by atoms with Crippen molar-refractivity contribution in [2.45, 2.75) is 24.7 Å². The standard InChI is InChI=1S/C15H20N4O2/c1-20-10-6-15(4-8-16-9-5-15)14-18-13(21-19-14)12-3-2-7-17-11-12/h2-3,7,11,16H,4-6,8-10H2,1H3. The van der Waals surface area contributed by atoms with E-state index >= 15 is 0 Å². The third kappa shape index (κ3) is 2.96. The lowest BCUT2D eigenvalue weighted by Gasteiger charge is -2.34. The zero-order chi connectivity index (χ0) is 14.5. The van der Waals surface area contributed by atoms with Crippen LogP contribution in [0.25, 0.3) is 11.5 Å². The van der Waals surface area contributed by atoms with Crippen molar-refractivity contribution >= 4 is 0 Å². The Morgan fingerprint density at radius 3 is 2.95 bits per heavy atom. The number of aromatic nitrogens is 3. The molecule has 2 aromatic rings. The predicted octanol–water partition coefficient (Wildman–Crippen LogP) is 1.79. The number of ether oxygens (including phenoxy) is 1. The molecule has 3 rings (SSSR count). The Kier molecular flexibility index (Phi) is 4.26. The van der Waals surface area contributed by atoms with Crippen LogP contribution in [0.1, 0.15) is 25.1 Å². The number of hydrogen-bond donors (Lipinski definition) is 1. The van der Waals surface area contributed by atoms with Crippen molar-refractivity contribution in [3.05, 3.63) is 30.4 Å². The fourth-order valence-electron chi connectivity index (χ4n) is 2.83. The van der Waals surface area contributed by atoms with Crippen LogP contribution in [-0.4, -0.2) is 41.9 Å². The summed E-state index contributed by atoms with van der Waals surface area (Å²) in [5, 5.41) is 7.63. The number of piperidine rings is 1. The lowest BCUT2D eigenvalue weighted by atomic mass is 9.75. The quantitative estimate of drug-likeness (QED) is 0.904. The molecule has 0 unspecified atom stereocenters. The van der Waals surface area contributed by atoms with Crippen molar-refractivity contribution in [2.24, 2.45) is 0 Å². The van der Waals surface area contributed by atoms with Gasteiger partial charge >= 0.3 is 0 Å². The van der Waals surface area contributed by atoms with Gasteiger partial charge in [0, 0.05) is 31.5 Å². The van der Waals surface area contributed by atoms with Crippen LogP contribution in [0.5, 0.6) is 0 Å². The van der Waals surface area contributed by atoms with Crippen molar-refractivity contribution in [1.29, 1.82) is 0 Å². The maximum absolute atomic E-state index is 5.45. The summed E-state index contributed by atoms with van der Waals surface area (Å²) in [5.41, 5.74) is 0.803. The van der Waals surface area contributed by atoms with Gasteiger partial charge in [0.15, 0.2) is 5.82 Å². The molecule has 1 N–H and O–H groups in total. The number of pyridine rings is 1. The topological polar surface area (TPSA) is 73.1 Å². The second kappa shape index (κ2) is 6.32. The third-order valence-electron chi connectivity index (χ3n) is 4.15. The third-order valence-corrected chi connectivity index (χ3v) is 4.15. The van der Waals surface area contributed by atoms with E-state index in [0.29, 0.717) is 12.5 Å². The second-order valence-corrected chi connectivity index (χ2v) is 5.44. The highest BCUT2D eigenvalue weighted by Gasteiger charge is 2.38.